The Balaban J connectivity index is 3.18. The van der Waals surface area contributed by atoms with Crippen LogP contribution in [0.4, 0.5) is 5.00 Å². The Hall–Kier alpha value is -0.790. The fraction of sp³-hybridized carbons (Fsp3) is 0.500. The topological polar surface area (TPSA) is 72.5 Å². The normalized spacial score (nSPS) is 11.3. The second kappa shape index (κ2) is 5.90. The van der Waals surface area contributed by atoms with Gasteiger partial charge in [0.2, 0.25) is 10.0 Å². The molecule has 0 amide bonds. The van der Waals surface area contributed by atoms with Gasteiger partial charge in [0.1, 0.15) is 5.00 Å². The molecule has 1 aromatic rings. The fourth-order valence-corrected chi connectivity index (χ4v) is 4.09. The van der Waals surface area contributed by atoms with Gasteiger partial charge in [0.15, 0.2) is 0 Å². The Kier molecular flexibility index (Phi) is 5.01. The van der Waals surface area contributed by atoms with Crippen LogP contribution in [0.5, 0.6) is 0 Å². The molecule has 1 N–H and O–H groups in total. The smallest absolute Gasteiger partial charge is 0.341 e. The molecule has 18 heavy (non-hydrogen) atoms. The second-order valence-electron chi connectivity index (χ2n) is 3.59. The number of aryl methyl sites for hydroxylation is 1. The molecule has 0 aliphatic rings. The van der Waals surface area contributed by atoms with Crippen molar-refractivity contribution in [1.29, 1.82) is 0 Å². The summed E-state index contributed by atoms with van der Waals surface area (Å²) in [6, 6.07) is 0. The number of alkyl halides is 1. The number of hydrogen-bond donors (Lipinski definition) is 1. The van der Waals surface area contributed by atoms with Gasteiger partial charge in [-0.1, -0.05) is 0 Å². The first-order valence-corrected chi connectivity index (χ1v) is 8.07. The van der Waals surface area contributed by atoms with Gasteiger partial charge >= 0.3 is 5.97 Å². The molecule has 0 radical (unpaired) electrons. The Morgan fingerprint density at radius 3 is 2.56 bits per heavy atom. The number of esters is 1. The van der Waals surface area contributed by atoms with Crippen LogP contribution in [0, 0.1) is 13.8 Å². The van der Waals surface area contributed by atoms with Crippen molar-refractivity contribution in [2.75, 3.05) is 23.5 Å². The van der Waals surface area contributed by atoms with Crippen molar-refractivity contribution in [3.05, 3.63) is 16.0 Å². The van der Waals surface area contributed by atoms with E-state index in [0.29, 0.717) is 0 Å². The van der Waals surface area contributed by atoms with Crippen molar-refractivity contribution in [2.45, 2.75) is 13.8 Å². The molecule has 1 aromatic heterocycles. The summed E-state index contributed by atoms with van der Waals surface area (Å²) >= 11 is 6.61. The van der Waals surface area contributed by atoms with Crippen LogP contribution in [0.1, 0.15) is 20.8 Å². The summed E-state index contributed by atoms with van der Waals surface area (Å²) in [5.41, 5.74) is 0.980. The monoisotopic (exact) mass is 311 g/mol. The lowest BCUT2D eigenvalue weighted by Gasteiger charge is -2.06. The first kappa shape index (κ1) is 15.3. The Labute approximate surface area is 115 Å². The van der Waals surface area contributed by atoms with E-state index in [9.17, 15) is 13.2 Å². The number of methoxy groups -OCH3 is 1. The first-order valence-electron chi connectivity index (χ1n) is 5.07. The Morgan fingerprint density at radius 2 is 2.06 bits per heavy atom. The fourth-order valence-electron chi connectivity index (χ4n) is 1.34. The van der Waals surface area contributed by atoms with Crippen LogP contribution in [0.15, 0.2) is 0 Å². The highest BCUT2D eigenvalue weighted by atomic mass is 35.5. The molecule has 102 valence electrons. The molecule has 1 rings (SSSR count). The number of thiophene rings is 1. The van der Waals surface area contributed by atoms with Crippen molar-refractivity contribution in [1.82, 2.24) is 0 Å². The number of sulfonamides is 1. The average Bonchev–Trinajstić information content (AvgIpc) is 2.52. The highest BCUT2D eigenvalue weighted by Gasteiger charge is 2.23. The molecule has 1 heterocycles. The maximum atomic E-state index is 11.6. The van der Waals surface area contributed by atoms with Crippen LogP contribution >= 0.6 is 22.9 Å². The van der Waals surface area contributed by atoms with E-state index in [4.69, 9.17) is 11.6 Å². The molecule has 0 unspecified atom stereocenters. The Bertz CT molecular complexity index is 550. The van der Waals surface area contributed by atoms with Gasteiger partial charge in [-0.25, -0.2) is 13.2 Å². The number of carbonyl (C=O) groups excluding carboxylic acids is 1. The number of hydrogen-bond acceptors (Lipinski definition) is 5. The number of ether oxygens (including phenoxy) is 1. The summed E-state index contributed by atoms with van der Waals surface area (Å²) in [7, 11) is -2.28. The minimum Gasteiger partial charge on any atom is -0.465 e. The van der Waals surface area contributed by atoms with E-state index in [0.717, 1.165) is 10.4 Å². The zero-order valence-electron chi connectivity index (χ0n) is 10.2. The number of carbonyl (C=O) groups is 1. The quantitative estimate of drug-likeness (QED) is 0.668. The molecule has 0 saturated heterocycles. The number of anilines is 1. The molecular weight excluding hydrogens is 298 g/mol. The molecule has 0 atom stereocenters. The standard InChI is InChI=1S/C10H14ClNO4S2/c1-6-7(2)17-9(8(6)10(13)16-3)12-18(14,15)5-4-11/h12H,4-5H2,1-3H3. The van der Waals surface area contributed by atoms with Crippen molar-refractivity contribution in [3.8, 4) is 0 Å². The van der Waals surface area contributed by atoms with Gasteiger partial charge in [0.25, 0.3) is 0 Å². The summed E-state index contributed by atoms with van der Waals surface area (Å²) in [6.45, 7) is 3.56. The van der Waals surface area contributed by atoms with Gasteiger partial charge in [0.05, 0.1) is 18.4 Å². The SMILES string of the molecule is COC(=O)c1c(NS(=O)(=O)CCCl)sc(C)c1C. The number of nitrogens with one attached hydrogen (secondary N) is 1. The maximum absolute atomic E-state index is 11.6. The zero-order chi connectivity index (χ0) is 13.9. The highest BCUT2D eigenvalue weighted by Crippen LogP contribution is 2.33. The molecule has 0 fully saturated rings. The number of rotatable bonds is 5. The van der Waals surface area contributed by atoms with Gasteiger partial charge in [-0.2, -0.15) is 0 Å². The molecule has 8 heteroatoms. The van der Waals surface area contributed by atoms with Crippen LogP contribution in [-0.4, -0.2) is 33.1 Å². The van der Waals surface area contributed by atoms with Crippen LogP contribution < -0.4 is 4.72 Å². The van der Waals surface area contributed by atoms with E-state index in [1.807, 2.05) is 6.92 Å². The van der Waals surface area contributed by atoms with Gasteiger partial charge in [-0.15, -0.1) is 22.9 Å². The largest absolute Gasteiger partial charge is 0.465 e. The van der Waals surface area contributed by atoms with Crippen molar-refractivity contribution < 1.29 is 17.9 Å². The van der Waals surface area contributed by atoms with Crippen molar-refractivity contribution in [2.24, 2.45) is 0 Å². The third-order valence-corrected chi connectivity index (χ3v) is 5.29. The van der Waals surface area contributed by atoms with Crippen LogP contribution in [-0.2, 0) is 14.8 Å². The van der Waals surface area contributed by atoms with E-state index in [2.05, 4.69) is 9.46 Å². The molecule has 0 saturated carbocycles. The third kappa shape index (κ3) is 3.37. The van der Waals surface area contributed by atoms with E-state index in [1.54, 1.807) is 6.92 Å². The van der Waals surface area contributed by atoms with Crippen LogP contribution in [0.3, 0.4) is 0 Å². The highest BCUT2D eigenvalue weighted by molar-refractivity contribution is 7.93. The molecule has 0 bridgehead atoms. The Morgan fingerprint density at radius 1 is 1.44 bits per heavy atom. The second-order valence-corrected chi connectivity index (χ2v) is 7.03. The minimum absolute atomic E-state index is 0.00771. The molecule has 5 nitrogen and oxygen atoms in total. The number of halogens is 1. The maximum Gasteiger partial charge on any atom is 0.341 e. The molecule has 0 spiro atoms. The van der Waals surface area contributed by atoms with E-state index < -0.39 is 16.0 Å². The lowest BCUT2D eigenvalue weighted by molar-refractivity contribution is 0.0601. The predicted molar refractivity (Wildman–Crippen MR) is 73.3 cm³/mol. The van der Waals surface area contributed by atoms with Gasteiger partial charge in [-0.05, 0) is 19.4 Å². The summed E-state index contributed by atoms with van der Waals surface area (Å²) < 4.78 is 30.3. The van der Waals surface area contributed by atoms with E-state index in [-0.39, 0.29) is 22.2 Å². The van der Waals surface area contributed by atoms with Crippen LogP contribution in [0.25, 0.3) is 0 Å². The lowest BCUT2D eigenvalue weighted by Crippen LogP contribution is -2.18. The molecule has 0 aromatic carbocycles. The summed E-state index contributed by atoms with van der Waals surface area (Å²) in [5.74, 6) is -0.766. The van der Waals surface area contributed by atoms with Crippen molar-refractivity contribution in [3.63, 3.8) is 0 Å². The van der Waals surface area contributed by atoms with E-state index >= 15 is 0 Å². The van der Waals surface area contributed by atoms with Gasteiger partial charge in [-0.3, -0.25) is 4.72 Å². The lowest BCUT2D eigenvalue weighted by atomic mass is 10.2. The van der Waals surface area contributed by atoms with Gasteiger partial charge < -0.3 is 4.74 Å². The molecule has 0 aliphatic heterocycles. The molecule has 0 aliphatic carbocycles. The van der Waals surface area contributed by atoms with Gasteiger partial charge in [0, 0.05) is 10.8 Å². The van der Waals surface area contributed by atoms with E-state index in [1.165, 1.54) is 18.4 Å². The summed E-state index contributed by atoms with van der Waals surface area (Å²) in [5, 5.41) is 0.280. The average molecular weight is 312 g/mol. The first-order chi connectivity index (χ1) is 8.32. The third-order valence-electron chi connectivity index (χ3n) is 2.37. The predicted octanol–water partition coefficient (Wildman–Crippen LogP) is 2.13. The molecular formula is C10H14ClNO4S2. The van der Waals surface area contributed by atoms with Crippen LogP contribution in [0.2, 0.25) is 0 Å². The minimum atomic E-state index is -3.53. The van der Waals surface area contributed by atoms with Crippen molar-refractivity contribution >= 4 is 43.9 Å². The zero-order valence-corrected chi connectivity index (χ0v) is 12.6. The summed E-state index contributed by atoms with van der Waals surface area (Å²) in [4.78, 5) is 12.5. The summed E-state index contributed by atoms with van der Waals surface area (Å²) in [6.07, 6.45) is 0.